The van der Waals surface area contributed by atoms with Gasteiger partial charge in [-0.15, -0.1) is 0 Å². The van der Waals surface area contributed by atoms with Gasteiger partial charge in [-0.05, 0) is 37.5 Å². The Hall–Kier alpha value is -1.27. The van der Waals surface area contributed by atoms with Crippen LogP contribution in [0.3, 0.4) is 0 Å². The molecule has 0 aliphatic carbocycles. The van der Waals surface area contributed by atoms with Gasteiger partial charge in [0.05, 0.1) is 11.8 Å². The van der Waals surface area contributed by atoms with Crippen molar-refractivity contribution in [1.82, 2.24) is 4.72 Å². The van der Waals surface area contributed by atoms with Gasteiger partial charge >= 0.3 is 0 Å². The molecule has 1 aliphatic heterocycles. The van der Waals surface area contributed by atoms with E-state index in [1.54, 1.807) is 18.2 Å². The summed E-state index contributed by atoms with van der Waals surface area (Å²) < 4.78 is 33.6. The lowest BCUT2D eigenvalue weighted by molar-refractivity contribution is 0.0702. The van der Waals surface area contributed by atoms with Crippen molar-refractivity contribution in [2.45, 2.75) is 52.7 Å². The summed E-state index contributed by atoms with van der Waals surface area (Å²) in [6.07, 6.45) is 0.562. The normalized spacial score (nSPS) is 21.0. The minimum absolute atomic E-state index is 0.0788. The van der Waals surface area contributed by atoms with Crippen LogP contribution in [0.4, 0.5) is 5.69 Å². The molecule has 0 saturated heterocycles. The predicted molar refractivity (Wildman–Crippen MR) is 89.3 cm³/mol. The molecule has 1 atom stereocenters. The van der Waals surface area contributed by atoms with Crippen molar-refractivity contribution in [3.63, 3.8) is 0 Å². The van der Waals surface area contributed by atoms with Crippen LogP contribution in [-0.4, -0.2) is 19.8 Å². The van der Waals surface area contributed by atoms with Crippen LogP contribution >= 0.6 is 0 Å². The molecule has 0 fully saturated rings. The lowest BCUT2D eigenvalue weighted by atomic mass is 9.90. The van der Waals surface area contributed by atoms with Gasteiger partial charge in [0.15, 0.2) is 0 Å². The van der Waals surface area contributed by atoms with Crippen LogP contribution in [0.15, 0.2) is 18.2 Å². The van der Waals surface area contributed by atoms with Gasteiger partial charge in [0.2, 0.25) is 10.0 Å². The van der Waals surface area contributed by atoms with Crippen molar-refractivity contribution in [3.05, 3.63) is 23.8 Å². The standard InChI is InChI=1S/C16H26N2O3S/c1-15(2,3)10-22(19,20)18-13-9-16(4,5)21-14-7-6-11(17)8-12(13)14/h6-8,13,18H,9-10,17H2,1-5H3. The number of nitrogen functional groups attached to an aromatic ring is 1. The van der Waals surface area contributed by atoms with Gasteiger partial charge < -0.3 is 10.5 Å². The fraction of sp³-hybridized carbons (Fsp3) is 0.625. The first-order valence-corrected chi connectivity index (χ1v) is 9.11. The molecule has 1 unspecified atom stereocenters. The van der Waals surface area contributed by atoms with Crippen LogP contribution in [0.2, 0.25) is 0 Å². The minimum Gasteiger partial charge on any atom is -0.487 e. The van der Waals surface area contributed by atoms with E-state index in [2.05, 4.69) is 4.72 Å². The molecule has 0 spiro atoms. The van der Waals surface area contributed by atoms with Gasteiger partial charge in [-0.2, -0.15) is 0 Å². The molecule has 0 radical (unpaired) electrons. The number of ether oxygens (including phenoxy) is 1. The first kappa shape index (κ1) is 17.1. The molecule has 5 nitrogen and oxygen atoms in total. The molecule has 22 heavy (non-hydrogen) atoms. The highest BCUT2D eigenvalue weighted by molar-refractivity contribution is 7.89. The number of nitrogens with two attached hydrogens (primary N) is 1. The van der Waals surface area contributed by atoms with Crippen LogP contribution < -0.4 is 15.2 Å². The fourth-order valence-electron chi connectivity index (χ4n) is 2.81. The lowest BCUT2D eigenvalue weighted by Gasteiger charge is -2.38. The van der Waals surface area contributed by atoms with E-state index in [-0.39, 0.29) is 17.2 Å². The molecule has 0 saturated carbocycles. The maximum absolute atomic E-state index is 12.4. The number of sulfonamides is 1. The number of hydrogen-bond acceptors (Lipinski definition) is 4. The Morgan fingerprint density at radius 2 is 2.00 bits per heavy atom. The van der Waals surface area contributed by atoms with Gasteiger partial charge in [0.25, 0.3) is 0 Å². The van der Waals surface area contributed by atoms with Crippen molar-refractivity contribution in [2.75, 3.05) is 11.5 Å². The van der Waals surface area contributed by atoms with Gasteiger partial charge in [-0.25, -0.2) is 13.1 Å². The first-order chi connectivity index (χ1) is 9.87. The summed E-state index contributed by atoms with van der Waals surface area (Å²) in [5.41, 5.74) is 6.51. The highest BCUT2D eigenvalue weighted by Crippen LogP contribution is 2.40. The first-order valence-electron chi connectivity index (χ1n) is 7.45. The van der Waals surface area contributed by atoms with Gasteiger partial charge in [-0.1, -0.05) is 20.8 Å². The summed E-state index contributed by atoms with van der Waals surface area (Å²) in [7, 11) is -3.39. The third-order valence-electron chi connectivity index (χ3n) is 3.44. The summed E-state index contributed by atoms with van der Waals surface area (Å²) in [6.45, 7) is 9.64. The van der Waals surface area contributed by atoms with Crippen LogP contribution in [0.5, 0.6) is 5.75 Å². The van der Waals surface area contributed by atoms with Crippen LogP contribution in [0, 0.1) is 5.41 Å². The van der Waals surface area contributed by atoms with E-state index >= 15 is 0 Å². The maximum Gasteiger partial charge on any atom is 0.212 e. The second-order valence-electron chi connectivity index (χ2n) is 7.85. The van der Waals surface area contributed by atoms with E-state index in [0.717, 1.165) is 5.56 Å². The third kappa shape index (κ3) is 4.36. The smallest absolute Gasteiger partial charge is 0.212 e. The van der Waals surface area contributed by atoms with E-state index in [0.29, 0.717) is 17.9 Å². The van der Waals surface area contributed by atoms with E-state index in [4.69, 9.17) is 10.5 Å². The van der Waals surface area contributed by atoms with Crippen LogP contribution in [-0.2, 0) is 10.0 Å². The zero-order valence-corrected chi connectivity index (χ0v) is 14.8. The molecule has 0 bridgehead atoms. The zero-order valence-electron chi connectivity index (χ0n) is 13.9. The van der Waals surface area contributed by atoms with Crippen molar-refractivity contribution < 1.29 is 13.2 Å². The average Bonchev–Trinajstić information content (AvgIpc) is 2.25. The van der Waals surface area contributed by atoms with Gasteiger partial charge in [0, 0.05) is 17.7 Å². The minimum atomic E-state index is -3.39. The molecule has 3 N–H and O–H groups in total. The molecule has 124 valence electrons. The summed E-state index contributed by atoms with van der Waals surface area (Å²) in [6, 6.07) is 5.03. The number of anilines is 1. The molecular formula is C16H26N2O3S. The Kier molecular flexibility index (Phi) is 4.21. The molecule has 1 heterocycles. The zero-order chi connectivity index (χ0) is 16.8. The quantitative estimate of drug-likeness (QED) is 0.837. The molecule has 1 aromatic carbocycles. The SMILES string of the molecule is CC(C)(C)CS(=O)(=O)NC1CC(C)(C)Oc2ccc(N)cc21. The summed E-state index contributed by atoms with van der Waals surface area (Å²) in [5, 5.41) is 0. The Bertz CT molecular complexity index is 660. The highest BCUT2D eigenvalue weighted by atomic mass is 32.2. The fourth-order valence-corrected chi connectivity index (χ4v) is 4.67. The second-order valence-corrected chi connectivity index (χ2v) is 9.61. The molecule has 0 aromatic heterocycles. The Morgan fingerprint density at radius 3 is 2.59 bits per heavy atom. The number of hydrogen-bond donors (Lipinski definition) is 2. The third-order valence-corrected chi connectivity index (χ3v) is 5.33. The van der Waals surface area contributed by atoms with Gasteiger partial charge in [0.1, 0.15) is 11.4 Å². The number of nitrogens with one attached hydrogen (secondary N) is 1. The average molecular weight is 326 g/mol. The number of rotatable bonds is 3. The van der Waals surface area contributed by atoms with E-state index in [9.17, 15) is 8.42 Å². The van der Waals surface area contributed by atoms with Crippen molar-refractivity contribution >= 4 is 15.7 Å². The predicted octanol–water partition coefficient (Wildman–Crippen LogP) is 2.84. The van der Waals surface area contributed by atoms with Gasteiger partial charge in [-0.3, -0.25) is 0 Å². The van der Waals surface area contributed by atoms with Crippen molar-refractivity contribution in [1.29, 1.82) is 0 Å². The van der Waals surface area contributed by atoms with E-state index < -0.39 is 15.6 Å². The summed E-state index contributed by atoms with van der Waals surface area (Å²) in [5.74, 6) is 0.768. The Balaban J connectivity index is 2.33. The molecule has 0 amide bonds. The summed E-state index contributed by atoms with van der Waals surface area (Å²) >= 11 is 0. The van der Waals surface area contributed by atoms with E-state index in [1.807, 2.05) is 34.6 Å². The summed E-state index contributed by atoms with van der Waals surface area (Å²) in [4.78, 5) is 0. The molecule has 2 rings (SSSR count). The van der Waals surface area contributed by atoms with Crippen molar-refractivity contribution in [3.8, 4) is 5.75 Å². The molecule has 1 aliphatic rings. The maximum atomic E-state index is 12.4. The van der Waals surface area contributed by atoms with Crippen molar-refractivity contribution in [2.24, 2.45) is 5.41 Å². The second kappa shape index (κ2) is 5.42. The monoisotopic (exact) mass is 326 g/mol. The Labute approximate surface area is 133 Å². The molecule has 6 heteroatoms. The largest absolute Gasteiger partial charge is 0.487 e. The van der Waals surface area contributed by atoms with Crippen LogP contribution in [0.1, 0.15) is 52.6 Å². The van der Waals surface area contributed by atoms with E-state index in [1.165, 1.54) is 0 Å². The Morgan fingerprint density at radius 1 is 1.36 bits per heavy atom. The lowest BCUT2D eigenvalue weighted by Crippen LogP contribution is -2.43. The molecular weight excluding hydrogens is 300 g/mol. The number of benzene rings is 1. The van der Waals surface area contributed by atoms with Crippen LogP contribution in [0.25, 0.3) is 0 Å². The number of fused-ring (bicyclic) bond motifs is 1. The topological polar surface area (TPSA) is 81.4 Å². The molecule has 1 aromatic rings. The highest BCUT2D eigenvalue weighted by Gasteiger charge is 2.36.